The SMILES string of the molecule is CCOC(=O)c1cnc2cc(-c3cnn(C)c3)[nH]n2c1=O. The van der Waals surface area contributed by atoms with E-state index in [1.165, 1.54) is 10.7 Å². The maximum Gasteiger partial charge on any atom is 0.345 e. The summed E-state index contributed by atoms with van der Waals surface area (Å²) in [6.45, 7) is 1.88. The highest BCUT2D eigenvalue weighted by atomic mass is 16.5. The first-order chi connectivity index (χ1) is 10.1. The van der Waals surface area contributed by atoms with E-state index in [1.807, 2.05) is 6.20 Å². The van der Waals surface area contributed by atoms with Gasteiger partial charge in [0.15, 0.2) is 5.65 Å². The summed E-state index contributed by atoms with van der Waals surface area (Å²) in [7, 11) is 1.80. The number of hydrogen-bond acceptors (Lipinski definition) is 5. The van der Waals surface area contributed by atoms with E-state index < -0.39 is 11.5 Å². The molecule has 0 aliphatic heterocycles. The van der Waals surface area contributed by atoms with E-state index in [2.05, 4.69) is 15.2 Å². The van der Waals surface area contributed by atoms with Gasteiger partial charge in [-0.1, -0.05) is 0 Å². The van der Waals surface area contributed by atoms with E-state index in [9.17, 15) is 9.59 Å². The van der Waals surface area contributed by atoms with Gasteiger partial charge in [-0.3, -0.25) is 14.6 Å². The molecule has 3 rings (SSSR count). The zero-order valence-electron chi connectivity index (χ0n) is 11.5. The van der Waals surface area contributed by atoms with Crippen LogP contribution in [0.2, 0.25) is 0 Å². The maximum atomic E-state index is 12.3. The van der Waals surface area contributed by atoms with E-state index in [0.717, 1.165) is 5.56 Å². The first-order valence-electron chi connectivity index (χ1n) is 6.37. The fourth-order valence-electron chi connectivity index (χ4n) is 2.02. The van der Waals surface area contributed by atoms with Gasteiger partial charge in [-0.05, 0) is 6.92 Å². The fraction of sp³-hybridized carbons (Fsp3) is 0.231. The van der Waals surface area contributed by atoms with Gasteiger partial charge in [0, 0.05) is 31.1 Å². The van der Waals surface area contributed by atoms with Gasteiger partial charge in [0.2, 0.25) is 0 Å². The third kappa shape index (κ3) is 2.20. The van der Waals surface area contributed by atoms with Gasteiger partial charge in [-0.25, -0.2) is 14.3 Å². The molecule has 0 aromatic carbocycles. The van der Waals surface area contributed by atoms with Gasteiger partial charge >= 0.3 is 5.97 Å². The van der Waals surface area contributed by atoms with Crippen molar-refractivity contribution < 1.29 is 9.53 Å². The molecule has 3 aromatic heterocycles. The normalized spacial score (nSPS) is 11.0. The standard InChI is InChI=1S/C13H13N5O3/c1-3-21-13(20)9-6-14-11-4-10(16-18(11)12(9)19)8-5-15-17(2)7-8/h4-7,16H,3H2,1-2H3. The fourth-order valence-corrected chi connectivity index (χ4v) is 2.02. The zero-order chi connectivity index (χ0) is 15.0. The van der Waals surface area contributed by atoms with E-state index in [1.54, 1.807) is 30.9 Å². The van der Waals surface area contributed by atoms with Crippen molar-refractivity contribution in [3.63, 3.8) is 0 Å². The molecule has 0 saturated carbocycles. The number of carbonyl (C=O) groups excluding carboxylic acids is 1. The lowest BCUT2D eigenvalue weighted by Gasteiger charge is -2.00. The van der Waals surface area contributed by atoms with Crippen molar-refractivity contribution in [1.29, 1.82) is 0 Å². The van der Waals surface area contributed by atoms with Crippen LogP contribution in [0.4, 0.5) is 0 Å². The topological polar surface area (TPSA) is 94.3 Å². The molecule has 0 fully saturated rings. The van der Waals surface area contributed by atoms with Gasteiger partial charge in [0.1, 0.15) is 5.56 Å². The smallest absolute Gasteiger partial charge is 0.345 e. The third-order valence-corrected chi connectivity index (χ3v) is 3.01. The summed E-state index contributed by atoms with van der Waals surface area (Å²) in [5.74, 6) is -0.679. The van der Waals surface area contributed by atoms with Crippen molar-refractivity contribution in [2.45, 2.75) is 6.92 Å². The van der Waals surface area contributed by atoms with E-state index >= 15 is 0 Å². The molecular weight excluding hydrogens is 274 g/mol. The third-order valence-electron chi connectivity index (χ3n) is 3.01. The summed E-state index contributed by atoms with van der Waals surface area (Å²) in [6.07, 6.45) is 4.71. The number of esters is 1. The summed E-state index contributed by atoms with van der Waals surface area (Å²) >= 11 is 0. The maximum absolute atomic E-state index is 12.3. The second-order valence-corrected chi connectivity index (χ2v) is 4.46. The molecule has 21 heavy (non-hydrogen) atoms. The molecule has 0 unspecified atom stereocenters. The Morgan fingerprint density at radius 3 is 2.90 bits per heavy atom. The number of fused-ring (bicyclic) bond motifs is 1. The predicted octanol–water partition coefficient (Wildman–Crippen LogP) is 0.600. The number of aryl methyl sites for hydroxylation is 1. The van der Waals surface area contributed by atoms with Crippen molar-refractivity contribution >= 4 is 11.6 Å². The first kappa shape index (κ1) is 13.1. The average Bonchev–Trinajstić information content (AvgIpc) is 3.05. The van der Waals surface area contributed by atoms with E-state index in [-0.39, 0.29) is 12.2 Å². The number of rotatable bonds is 3. The molecule has 1 N–H and O–H groups in total. The van der Waals surface area contributed by atoms with Crippen molar-refractivity contribution in [3.05, 3.63) is 40.6 Å². The second kappa shape index (κ2) is 4.89. The largest absolute Gasteiger partial charge is 0.462 e. The van der Waals surface area contributed by atoms with Gasteiger partial charge in [0.25, 0.3) is 5.56 Å². The molecule has 0 saturated heterocycles. The first-order valence-corrected chi connectivity index (χ1v) is 6.37. The Hall–Kier alpha value is -2.90. The minimum absolute atomic E-state index is 0.103. The highest BCUT2D eigenvalue weighted by Crippen LogP contribution is 2.17. The van der Waals surface area contributed by atoms with E-state index in [0.29, 0.717) is 11.3 Å². The molecule has 0 aliphatic carbocycles. The van der Waals surface area contributed by atoms with E-state index in [4.69, 9.17) is 4.74 Å². The minimum atomic E-state index is -0.679. The van der Waals surface area contributed by atoms with Crippen LogP contribution in [-0.4, -0.2) is 37.0 Å². The number of H-pyrrole nitrogens is 1. The number of ether oxygens (including phenoxy) is 1. The van der Waals surface area contributed by atoms with Crippen molar-refractivity contribution in [3.8, 4) is 11.3 Å². The van der Waals surface area contributed by atoms with Crippen LogP contribution in [0.15, 0.2) is 29.5 Å². The van der Waals surface area contributed by atoms with Crippen LogP contribution < -0.4 is 5.56 Å². The van der Waals surface area contributed by atoms with Gasteiger partial charge in [0.05, 0.1) is 18.5 Å². The highest BCUT2D eigenvalue weighted by molar-refractivity contribution is 5.88. The lowest BCUT2D eigenvalue weighted by atomic mass is 10.2. The molecule has 0 atom stereocenters. The van der Waals surface area contributed by atoms with Crippen LogP contribution in [0.1, 0.15) is 17.3 Å². The Morgan fingerprint density at radius 2 is 2.24 bits per heavy atom. The molecule has 0 amide bonds. The lowest BCUT2D eigenvalue weighted by molar-refractivity contribution is 0.0523. The summed E-state index contributed by atoms with van der Waals surface area (Å²) in [6, 6.07) is 1.72. The molecule has 8 nitrogen and oxygen atoms in total. The monoisotopic (exact) mass is 287 g/mol. The molecular formula is C13H13N5O3. The van der Waals surface area contributed by atoms with Crippen LogP contribution in [-0.2, 0) is 11.8 Å². The van der Waals surface area contributed by atoms with Gasteiger partial charge < -0.3 is 4.74 Å². The lowest BCUT2D eigenvalue weighted by Crippen LogP contribution is -2.24. The molecule has 0 aliphatic rings. The molecule has 0 bridgehead atoms. The summed E-state index contributed by atoms with van der Waals surface area (Å²) in [4.78, 5) is 28.1. The second-order valence-electron chi connectivity index (χ2n) is 4.46. The van der Waals surface area contributed by atoms with Crippen molar-refractivity contribution in [2.75, 3.05) is 6.61 Å². The Bertz CT molecular complexity index is 873. The average molecular weight is 287 g/mol. The Balaban J connectivity index is 2.12. The van der Waals surface area contributed by atoms with Gasteiger partial charge in [-0.2, -0.15) is 5.10 Å². The summed E-state index contributed by atoms with van der Waals surface area (Å²) in [5, 5.41) is 6.98. The van der Waals surface area contributed by atoms with Crippen LogP contribution in [0, 0.1) is 0 Å². The number of aromatic nitrogens is 5. The van der Waals surface area contributed by atoms with Crippen LogP contribution in [0.25, 0.3) is 16.9 Å². The molecule has 0 spiro atoms. The minimum Gasteiger partial charge on any atom is -0.462 e. The number of hydrogen-bond donors (Lipinski definition) is 1. The molecule has 3 aromatic rings. The highest BCUT2D eigenvalue weighted by Gasteiger charge is 2.16. The quantitative estimate of drug-likeness (QED) is 0.712. The zero-order valence-corrected chi connectivity index (χ0v) is 11.5. The Labute approximate surface area is 119 Å². The van der Waals surface area contributed by atoms with Crippen LogP contribution in [0.3, 0.4) is 0 Å². The van der Waals surface area contributed by atoms with Gasteiger partial charge in [-0.15, -0.1) is 0 Å². The Morgan fingerprint density at radius 1 is 1.43 bits per heavy atom. The molecule has 8 heteroatoms. The van der Waals surface area contributed by atoms with Crippen molar-refractivity contribution in [1.82, 2.24) is 24.4 Å². The van der Waals surface area contributed by atoms with Crippen LogP contribution in [0.5, 0.6) is 0 Å². The number of nitrogens with one attached hydrogen (secondary N) is 1. The molecule has 0 radical (unpaired) electrons. The Kier molecular flexibility index (Phi) is 3.05. The number of nitrogens with zero attached hydrogens (tertiary/aromatic N) is 4. The number of carbonyl (C=O) groups is 1. The number of aromatic amines is 1. The summed E-state index contributed by atoms with van der Waals surface area (Å²) < 4.78 is 7.70. The molecule has 3 heterocycles. The predicted molar refractivity (Wildman–Crippen MR) is 74.0 cm³/mol. The van der Waals surface area contributed by atoms with Crippen LogP contribution >= 0.6 is 0 Å². The summed E-state index contributed by atoms with van der Waals surface area (Å²) in [5.41, 5.74) is 1.34. The van der Waals surface area contributed by atoms with Crippen molar-refractivity contribution in [2.24, 2.45) is 7.05 Å². The molecule has 108 valence electrons.